The molecule has 0 amide bonds. The van der Waals surface area contributed by atoms with Crippen LogP contribution in [-0.4, -0.2) is 19.3 Å². The predicted molar refractivity (Wildman–Crippen MR) is 68.5 cm³/mol. The van der Waals surface area contributed by atoms with Gasteiger partial charge in [-0.3, -0.25) is 0 Å². The third kappa shape index (κ3) is 2.04. The predicted octanol–water partition coefficient (Wildman–Crippen LogP) is 3.22. The van der Waals surface area contributed by atoms with Crippen LogP contribution < -0.4 is 4.74 Å². The first-order valence-electron chi connectivity index (χ1n) is 6.39. The van der Waals surface area contributed by atoms with Crippen molar-refractivity contribution in [2.75, 3.05) is 7.11 Å². The normalized spacial score (nSPS) is 30.8. The van der Waals surface area contributed by atoms with Gasteiger partial charge in [-0.2, -0.15) is 0 Å². The highest BCUT2D eigenvalue weighted by Crippen LogP contribution is 2.38. The van der Waals surface area contributed by atoms with Gasteiger partial charge < -0.3 is 14.2 Å². The number of methoxy groups -OCH3 is 1. The van der Waals surface area contributed by atoms with Crippen molar-refractivity contribution in [2.45, 2.75) is 38.3 Å². The Kier molecular flexibility index (Phi) is 3.10. The lowest BCUT2D eigenvalue weighted by atomic mass is 9.95. The molecule has 1 unspecified atom stereocenters. The third-order valence-corrected chi connectivity index (χ3v) is 3.66. The van der Waals surface area contributed by atoms with Crippen molar-refractivity contribution < 1.29 is 14.2 Å². The first-order valence-corrected chi connectivity index (χ1v) is 6.39. The topological polar surface area (TPSA) is 27.7 Å². The SMILES string of the molecule is COc1ccc(C2O[C@@H]3CCC=C(C)[C@@H]3O2)cc1. The van der Waals surface area contributed by atoms with Gasteiger partial charge in [0, 0.05) is 5.56 Å². The average Bonchev–Trinajstić information content (AvgIpc) is 2.84. The van der Waals surface area contributed by atoms with Gasteiger partial charge in [0.2, 0.25) is 0 Å². The van der Waals surface area contributed by atoms with Gasteiger partial charge in [0.25, 0.3) is 0 Å². The molecule has 1 aliphatic heterocycles. The second-order valence-corrected chi connectivity index (χ2v) is 4.86. The van der Waals surface area contributed by atoms with Gasteiger partial charge >= 0.3 is 0 Å². The summed E-state index contributed by atoms with van der Waals surface area (Å²) in [6.45, 7) is 2.12. The minimum Gasteiger partial charge on any atom is -0.497 e. The molecule has 0 bridgehead atoms. The zero-order chi connectivity index (χ0) is 12.5. The smallest absolute Gasteiger partial charge is 0.185 e. The number of ether oxygens (including phenoxy) is 3. The van der Waals surface area contributed by atoms with Crippen LogP contribution >= 0.6 is 0 Å². The molecule has 0 saturated carbocycles. The number of allylic oxidation sites excluding steroid dienone is 1. The maximum absolute atomic E-state index is 6.01. The van der Waals surface area contributed by atoms with Gasteiger partial charge in [-0.05, 0) is 37.5 Å². The first-order chi connectivity index (χ1) is 8.78. The minimum absolute atomic E-state index is 0.130. The Labute approximate surface area is 107 Å². The van der Waals surface area contributed by atoms with Crippen molar-refractivity contribution in [2.24, 2.45) is 0 Å². The van der Waals surface area contributed by atoms with Crippen molar-refractivity contribution in [3.8, 4) is 5.75 Å². The molecule has 0 radical (unpaired) electrons. The second kappa shape index (κ2) is 4.75. The van der Waals surface area contributed by atoms with Gasteiger partial charge in [0.1, 0.15) is 11.9 Å². The van der Waals surface area contributed by atoms with E-state index < -0.39 is 0 Å². The Morgan fingerprint density at radius 1 is 1.17 bits per heavy atom. The van der Waals surface area contributed by atoms with Crippen molar-refractivity contribution in [3.63, 3.8) is 0 Å². The first kappa shape index (κ1) is 11.8. The monoisotopic (exact) mass is 246 g/mol. The number of hydrogen-bond acceptors (Lipinski definition) is 3. The lowest BCUT2D eigenvalue weighted by Gasteiger charge is -2.21. The molecule has 0 aromatic heterocycles. The minimum atomic E-state index is -0.243. The summed E-state index contributed by atoms with van der Waals surface area (Å²) < 4.78 is 17.2. The molecule has 1 aliphatic carbocycles. The van der Waals surface area contributed by atoms with E-state index in [0.29, 0.717) is 0 Å². The fourth-order valence-corrected chi connectivity index (χ4v) is 2.61. The van der Waals surface area contributed by atoms with Gasteiger partial charge in [-0.1, -0.05) is 18.2 Å². The van der Waals surface area contributed by atoms with Crippen LogP contribution in [0.2, 0.25) is 0 Å². The Balaban J connectivity index is 1.77. The van der Waals surface area contributed by atoms with E-state index in [1.165, 1.54) is 5.57 Å². The highest BCUT2D eigenvalue weighted by atomic mass is 16.7. The average molecular weight is 246 g/mol. The maximum atomic E-state index is 6.01. The molecule has 1 saturated heterocycles. The summed E-state index contributed by atoms with van der Waals surface area (Å²) in [4.78, 5) is 0. The van der Waals surface area contributed by atoms with Crippen LogP contribution in [0.25, 0.3) is 0 Å². The van der Waals surface area contributed by atoms with Gasteiger partial charge in [-0.25, -0.2) is 0 Å². The van der Waals surface area contributed by atoms with Crippen molar-refractivity contribution >= 4 is 0 Å². The molecule has 3 atom stereocenters. The molecule has 0 N–H and O–H groups in total. The quantitative estimate of drug-likeness (QED) is 0.750. The van der Waals surface area contributed by atoms with Crippen LogP contribution in [0.1, 0.15) is 31.6 Å². The van der Waals surface area contributed by atoms with E-state index in [1.54, 1.807) is 7.11 Å². The number of rotatable bonds is 2. The van der Waals surface area contributed by atoms with Crippen molar-refractivity contribution in [3.05, 3.63) is 41.5 Å². The molecule has 1 aromatic rings. The highest BCUT2D eigenvalue weighted by Gasteiger charge is 2.38. The lowest BCUT2D eigenvalue weighted by molar-refractivity contribution is -0.0657. The van der Waals surface area contributed by atoms with Gasteiger partial charge in [0.15, 0.2) is 6.29 Å². The molecule has 2 aliphatic rings. The Bertz CT molecular complexity index is 449. The number of hydrogen-bond donors (Lipinski definition) is 0. The maximum Gasteiger partial charge on any atom is 0.185 e. The zero-order valence-corrected chi connectivity index (χ0v) is 10.8. The summed E-state index contributed by atoms with van der Waals surface area (Å²) in [5, 5.41) is 0. The van der Waals surface area contributed by atoms with Gasteiger partial charge in [-0.15, -0.1) is 0 Å². The number of fused-ring (bicyclic) bond motifs is 1. The summed E-state index contributed by atoms with van der Waals surface area (Å²) in [6.07, 6.45) is 4.49. The van der Waals surface area contributed by atoms with E-state index in [-0.39, 0.29) is 18.5 Å². The Morgan fingerprint density at radius 3 is 2.61 bits per heavy atom. The summed E-state index contributed by atoms with van der Waals surface area (Å²) in [7, 11) is 1.67. The Morgan fingerprint density at radius 2 is 1.94 bits per heavy atom. The van der Waals surface area contributed by atoms with E-state index >= 15 is 0 Å². The van der Waals surface area contributed by atoms with Crippen LogP contribution in [0.15, 0.2) is 35.9 Å². The molecule has 1 heterocycles. The van der Waals surface area contributed by atoms with Crippen LogP contribution in [0.3, 0.4) is 0 Å². The van der Waals surface area contributed by atoms with Crippen molar-refractivity contribution in [1.82, 2.24) is 0 Å². The second-order valence-electron chi connectivity index (χ2n) is 4.86. The molecule has 3 heteroatoms. The van der Waals surface area contributed by atoms with E-state index in [0.717, 1.165) is 24.2 Å². The molecule has 0 spiro atoms. The van der Waals surface area contributed by atoms with Gasteiger partial charge in [0.05, 0.1) is 13.2 Å². The standard InChI is InChI=1S/C15H18O3/c1-10-4-3-5-13-14(10)18-15(17-13)11-6-8-12(16-2)9-7-11/h4,6-9,13-15H,3,5H2,1-2H3/t13-,14+,15?/m1/s1. The molecular weight excluding hydrogens is 228 g/mol. The molecule has 18 heavy (non-hydrogen) atoms. The van der Waals surface area contributed by atoms with E-state index in [2.05, 4.69) is 13.0 Å². The fourth-order valence-electron chi connectivity index (χ4n) is 2.61. The number of benzene rings is 1. The van der Waals surface area contributed by atoms with E-state index in [9.17, 15) is 0 Å². The summed E-state index contributed by atoms with van der Waals surface area (Å²) in [6, 6.07) is 7.87. The molecule has 1 aromatic carbocycles. The molecule has 1 fully saturated rings. The van der Waals surface area contributed by atoms with E-state index in [1.807, 2.05) is 24.3 Å². The lowest BCUT2D eigenvalue weighted by Crippen LogP contribution is -2.26. The Hall–Kier alpha value is -1.32. The van der Waals surface area contributed by atoms with Crippen LogP contribution in [0.4, 0.5) is 0 Å². The summed E-state index contributed by atoms with van der Waals surface area (Å²) in [5.41, 5.74) is 2.35. The molecule has 3 nitrogen and oxygen atoms in total. The van der Waals surface area contributed by atoms with Crippen LogP contribution in [0, 0.1) is 0 Å². The highest BCUT2D eigenvalue weighted by molar-refractivity contribution is 5.28. The van der Waals surface area contributed by atoms with E-state index in [4.69, 9.17) is 14.2 Å². The molecule has 3 rings (SSSR count). The van der Waals surface area contributed by atoms with Crippen molar-refractivity contribution in [1.29, 1.82) is 0 Å². The summed E-state index contributed by atoms with van der Waals surface area (Å²) in [5.74, 6) is 0.852. The molecular formula is C15H18O3. The largest absolute Gasteiger partial charge is 0.497 e. The zero-order valence-electron chi connectivity index (χ0n) is 10.8. The molecule has 96 valence electrons. The van der Waals surface area contributed by atoms with Crippen LogP contribution in [-0.2, 0) is 9.47 Å². The van der Waals surface area contributed by atoms with Crippen LogP contribution in [0.5, 0.6) is 5.75 Å². The summed E-state index contributed by atoms with van der Waals surface area (Å²) >= 11 is 0. The fraction of sp³-hybridized carbons (Fsp3) is 0.467. The third-order valence-electron chi connectivity index (χ3n) is 3.66.